The Balaban J connectivity index is 1.96. The van der Waals surface area contributed by atoms with Crippen LogP contribution >= 0.6 is 11.3 Å². The molecule has 8 heteroatoms. The van der Waals surface area contributed by atoms with Gasteiger partial charge < -0.3 is 19.7 Å². The molecule has 1 aromatic heterocycles. The summed E-state index contributed by atoms with van der Waals surface area (Å²) in [6.07, 6.45) is 2.04. The fraction of sp³-hybridized carbons (Fsp3) is 0.767. The quantitative estimate of drug-likeness (QED) is 0.469. The fourth-order valence-electron chi connectivity index (χ4n) is 6.46. The first-order valence-corrected chi connectivity index (χ1v) is 14.8. The minimum Gasteiger partial charge on any atom is -0.458 e. The number of ether oxygens (including phenoxy) is 2. The van der Waals surface area contributed by atoms with Crippen LogP contribution in [0.5, 0.6) is 0 Å². The van der Waals surface area contributed by atoms with Crippen LogP contribution in [0, 0.1) is 30.1 Å². The highest BCUT2D eigenvalue weighted by Gasteiger charge is 2.57. The fourth-order valence-corrected chi connectivity index (χ4v) is 7.03. The lowest BCUT2D eigenvalue weighted by molar-refractivity contribution is -0.310. The van der Waals surface area contributed by atoms with Crippen LogP contribution in [0.3, 0.4) is 0 Å². The van der Waals surface area contributed by atoms with Crippen molar-refractivity contribution in [2.45, 2.75) is 124 Å². The molecule has 0 radical (unpaired) electrons. The van der Waals surface area contributed by atoms with Crippen LogP contribution in [0.15, 0.2) is 11.0 Å². The van der Waals surface area contributed by atoms with E-state index in [0.29, 0.717) is 6.42 Å². The summed E-state index contributed by atoms with van der Waals surface area (Å²) in [5.41, 5.74) is -0.276. The maximum Gasteiger partial charge on any atom is 0.309 e. The molecule has 1 aromatic rings. The number of aliphatic hydroxyl groups is 2. The minimum absolute atomic E-state index is 0.0885. The molecule has 214 valence electrons. The summed E-state index contributed by atoms with van der Waals surface area (Å²) < 4.78 is 12.5. The molecule has 7 nitrogen and oxygen atoms in total. The maximum atomic E-state index is 13.3. The number of rotatable bonds is 2. The lowest BCUT2D eigenvalue weighted by atomic mass is 9.65. The first-order chi connectivity index (χ1) is 17.5. The Morgan fingerprint density at radius 1 is 1.16 bits per heavy atom. The van der Waals surface area contributed by atoms with Gasteiger partial charge in [0.2, 0.25) is 0 Å². The third kappa shape index (κ3) is 6.57. The van der Waals surface area contributed by atoms with Gasteiger partial charge >= 0.3 is 5.97 Å². The Labute approximate surface area is 232 Å². The normalized spacial score (nSPS) is 37.2. The summed E-state index contributed by atoms with van der Waals surface area (Å²) in [4.78, 5) is 31.1. The van der Waals surface area contributed by atoms with E-state index in [9.17, 15) is 19.8 Å². The SMILES string of the molecule is C/C(=C\c1csc(C)n1)C1CC2C(C)(C)OC2(C)CCCC(C)C(O)C(C)C(=O)C(C)(C)C(O)CC(=O)O1. The van der Waals surface area contributed by atoms with Crippen LogP contribution < -0.4 is 0 Å². The standard InChI is InChI=1S/C30H47NO6S/c1-17-11-10-12-30(9)23(29(7,8)37-30)14-22(18(2)13-21-16-38-20(4)31-21)36-25(33)15-24(32)28(5,6)27(35)19(3)26(17)34/h13,16-17,19,22-24,26,32,34H,10-12,14-15H2,1-9H3/b18-13+. The summed E-state index contributed by atoms with van der Waals surface area (Å²) in [6.45, 7) is 17.1. The van der Waals surface area contributed by atoms with Crippen molar-refractivity contribution in [3.8, 4) is 0 Å². The van der Waals surface area contributed by atoms with Gasteiger partial charge in [-0.15, -0.1) is 11.3 Å². The van der Waals surface area contributed by atoms with Crippen molar-refractivity contribution in [1.29, 1.82) is 0 Å². The van der Waals surface area contributed by atoms with Crippen LogP contribution in [0.25, 0.3) is 6.08 Å². The molecule has 2 N–H and O–H groups in total. The van der Waals surface area contributed by atoms with Gasteiger partial charge in [0.05, 0.1) is 45.9 Å². The minimum atomic E-state index is -1.24. The highest BCUT2D eigenvalue weighted by Crippen LogP contribution is 2.52. The van der Waals surface area contributed by atoms with Gasteiger partial charge in [0.25, 0.3) is 0 Å². The highest BCUT2D eigenvalue weighted by atomic mass is 32.1. The number of aliphatic hydroxyl groups excluding tert-OH is 2. The molecule has 0 bridgehead atoms. The summed E-state index contributed by atoms with van der Waals surface area (Å²) in [5, 5.41) is 24.9. The van der Waals surface area contributed by atoms with E-state index in [1.807, 2.05) is 32.2 Å². The number of thiazole rings is 1. The number of fused-ring (bicyclic) bond motifs is 1. The number of esters is 1. The largest absolute Gasteiger partial charge is 0.458 e. The number of hydrogen-bond donors (Lipinski definition) is 2. The molecule has 0 aliphatic carbocycles. The zero-order valence-electron chi connectivity index (χ0n) is 24.5. The number of ketones is 1. The van der Waals surface area contributed by atoms with Gasteiger partial charge in [0.1, 0.15) is 11.9 Å². The third-order valence-electron chi connectivity index (χ3n) is 8.99. The van der Waals surface area contributed by atoms with Gasteiger partial charge in [-0.3, -0.25) is 9.59 Å². The smallest absolute Gasteiger partial charge is 0.309 e. The van der Waals surface area contributed by atoms with E-state index in [4.69, 9.17) is 9.47 Å². The van der Waals surface area contributed by atoms with Crippen molar-refractivity contribution in [2.24, 2.45) is 23.2 Å². The van der Waals surface area contributed by atoms with Gasteiger partial charge in [-0.05, 0) is 71.4 Å². The van der Waals surface area contributed by atoms with Crippen LogP contribution in [-0.4, -0.2) is 56.5 Å². The number of carbonyl (C=O) groups is 2. The highest BCUT2D eigenvalue weighted by molar-refractivity contribution is 7.09. The third-order valence-corrected chi connectivity index (χ3v) is 9.78. The second kappa shape index (κ2) is 11.5. The summed E-state index contributed by atoms with van der Waals surface area (Å²) in [6, 6.07) is 0. The van der Waals surface area contributed by atoms with Crippen molar-refractivity contribution in [2.75, 3.05) is 0 Å². The molecule has 2 fully saturated rings. The Morgan fingerprint density at radius 2 is 1.82 bits per heavy atom. The average molecular weight is 550 g/mol. The molecular formula is C30H47NO6S. The van der Waals surface area contributed by atoms with Gasteiger partial charge in [0.15, 0.2) is 0 Å². The van der Waals surface area contributed by atoms with Crippen LogP contribution in [-0.2, 0) is 19.1 Å². The Bertz CT molecular complexity index is 1050. The Kier molecular flexibility index (Phi) is 9.34. The van der Waals surface area contributed by atoms with Crippen molar-refractivity contribution in [3.05, 3.63) is 21.7 Å². The van der Waals surface area contributed by atoms with E-state index in [-0.39, 0.29) is 29.6 Å². The number of hydrogen-bond acceptors (Lipinski definition) is 8. The van der Waals surface area contributed by atoms with E-state index in [2.05, 4.69) is 25.8 Å². The lowest BCUT2D eigenvalue weighted by Crippen LogP contribution is -2.65. The lowest BCUT2D eigenvalue weighted by Gasteiger charge is -2.60. The molecule has 0 spiro atoms. The number of carbonyl (C=O) groups excluding carboxylic acids is 2. The second-order valence-electron chi connectivity index (χ2n) is 12.9. The number of aryl methyl sites for hydroxylation is 1. The van der Waals surface area contributed by atoms with E-state index in [1.165, 1.54) is 0 Å². The molecule has 2 saturated heterocycles. The van der Waals surface area contributed by atoms with Gasteiger partial charge in [-0.25, -0.2) is 4.98 Å². The average Bonchev–Trinajstić information content (AvgIpc) is 3.22. The predicted molar refractivity (Wildman–Crippen MR) is 150 cm³/mol. The number of cyclic esters (lactones) is 1. The Hall–Kier alpha value is -1.61. The van der Waals surface area contributed by atoms with Gasteiger partial charge in [-0.1, -0.05) is 34.1 Å². The molecule has 3 rings (SSSR count). The molecule has 0 aromatic carbocycles. The monoisotopic (exact) mass is 549 g/mol. The summed E-state index contributed by atoms with van der Waals surface area (Å²) in [5.74, 6) is -1.44. The zero-order valence-corrected chi connectivity index (χ0v) is 25.4. The van der Waals surface area contributed by atoms with Crippen molar-refractivity contribution >= 4 is 29.2 Å². The zero-order chi connectivity index (χ0) is 28.6. The molecular weight excluding hydrogens is 502 g/mol. The van der Waals surface area contributed by atoms with Crippen LogP contribution in [0.2, 0.25) is 0 Å². The van der Waals surface area contributed by atoms with Crippen molar-refractivity contribution in [1.82, 2.24) is 4.98 Å². The van der Waals surface area contributed by atoms with E-state index in [0.717, 1.165) is 35.5 Å². The molecule has 2 aliphatic rings. The molecule has 7 atom stereocenters. The molecule has 0 amide bonds. The second-order valence-corrected chi connectivity index (χ2v) is 14.0. The van der Waals surface area contributed by atoms with Gasteiger partial charge in [-0.2, -0.15) is 0 Å². The first kappa shape index (κ1) is 30.9. The summed E-state index contributed by atoms with van der Waals surface area (Å²) in [7, 11) is 0. The first-order valence-electron chi connectivity index (χ1n) is 13.9. The van der Waals surface area contributed by atoms with Gasteiger partial charge in [0, 0.05) is 17.2 Å². The van der Waals surface area contributed by atoms with Crippen LogP contribution in [0.1, 0.15) is 98.2 Å². The molecule has 7 unspecified atom stereocenters. The number of aromatic nitrogens is 1. The van der Waals surface area contributed by atoms with Crippen molar-refractivity contribution < 1.29 is 29.3 Å². The van der Waals surface area contributed by atoms with E-state index < -0.39 is 41.2 Å². The maximum absolute atomic E-state index is 13.3. The van der Waals surface area contributed by atoms with Crippen molar-refractivity contribution in [3.63, 3.8) is 0 Å². The summed E-state index contributed by atoms with van der Waals surface area (Å²) >= 11 is 1.57. The van der Waals surface area contributed by atoms with E-state index >= 15 is 0 Å². The molecule has 2 aliphatic heterocycles. The van der Waals surface area contributed by atoms with Crippen LogP contribution in [0.4, 0.5) is 0 Å². The topological polar surface area (TPSA) is 106 Å². The molecule has 0 saturated carbocycles. The Morgan fingerprint density at radius 3 is 2.39 bits per heavy atom. The van der Waals surface area contributed by atoms with E-state index in [1.54, 1.807) is 32.1 Å². The molecule has 38 heavy (non-hydrogen) atoms. The molecule has 3 heterocycles. The number of nitrogens with zero attached hydrogens (tertiary/aromatic N) is 1. The predicted octanol–water partition coefficient (Wildman–Crippen LogP) is 5.50. The number of Topliss-reactive ketones (excluding diaryl/α,β-unsaturated/α-hetero) is 1.